The Balaban J connectivity index is 2.52. The first-order valence-corrected chi connectivity index (χ1v) is 5.25. The van der Waals surface area contributed by atoms with Gasteiger partial charge in [0.15, 0.2) is 0 Å². The minimum absolute atomic E-state index is 0.125. The standard InChI is InChI=1S/C8H4Cl2N2OS/c9-4-3-5(11-12-8(4)13)6-1-2-7(10)14-6/h1-3H,(H,12,13). The van der Waals surface area contributed by atoms with Crippen LogP contribution in [0.25, 0.3) is 10.6 Å². The topological polar surface area (TPSA) is 45.8 Å². The van der Waals surface area contributed by atoms with Gasteiger partial charge in [0.2, 0.25) is 0 Å². The fourth-order valence-corrected chi connectivity index (χ4v) is 2.11. The fourth-order valence-electron chi connectivity index (χ4n) is 0.960. The first kappa shape index (κ1) is 9.71. The summed E-state index contributed by atoms with van der Waals surface area (Å²) in [5.74, 6) is 0. The van der Waals surface area contributed by atoms with Gasteiger partial charge in [-0.25, -0.2) is 5.10 Å². The molecule has 0 aliphatic rings. The number of hydrogen-bond donors (Lipinski definition) is 1. The molecule has 0 amide bonds. The van der Waals surface area contributed by atoms with Crippen LogP contribution in [0.3, 0.4) is 0 Å². The molecule has 0 aliphatic carbocycles. The van der Waals surface area contributed by atoms with Gasteiger partial charge in [-0.1, -0.05) is 23.2 Å². The minimum atomic E-state index is -0.391. The van der Waals surface area contributed by atoms with Crippen molar-refractivity contribution in [1.29, 1.82) is 0 Å². The zero-order valence-corrected chi connectivity index (χ0v) is 9.08. The van der Waals surface area contributed by atoms with Crippen molar-refractivity contribution in [2.24, 2.45) is 0 Å². The molecule has 0 saturated heterocycles. The van der Waals surface area contributed by atoms with E-state index in [1.54, 1.807) is 6.07 Å². The predicted molar refractivity (Wildman–Crippen MR) is 58.2 cm³/mol. The third kappa shape index (κ3) is 1.82. The summed E-state index contributed by atoms with van der Waals surface area (Å²) in [5.41, 5.74) is 0.226. The molecule has 0 aliphatic heterocycles. The summed E-state index contributed by atoms with van der Waals surface area (Å²) in [6, 6.07) is 5.11. The lowest BCUT2D eigenvalue weighted by Gasteiger charge is -1.94. The van der Waals surface area contributed by atoms with E-state index >= 15 is 0 Å². The van der Waals surface area contributed by atoms with Gasteiger partial charge in [0.05, 0.1) is 9.21 Å². The van der Waals surface area contributed by atoms with Crippen molar-refractivity contribution >= 4 is 34.5 Å². The first-order valence-electron chi connectivity index (χ1n) is 3.68. The van der Waals surface area contributed by atoms with E-state index < -0.39 is 5.56 Å². The van der Waals surface area contributed by atoms with Gasteiger partial charge in [0.1, 0.15) is 10.7 Å². The maximum atomic E-state index is 10.9. The number of thiophene rings is 1. The summed E-state index contributed by atoms with van der Waals surface area (Å²) >= 11 is 12.8. The molecule has 0 atom stereocenters. The average molecular weight is 247 g/mol. The highest BCUT2D eigenvalue weighted by molar-refractivity contribution is 7.19. The van der Waals surface area contributed by atoms with E-state index in [1.165, 1.54) is 17.4 Å². The Bertz CT molecular complexity index is 520. The zero-order valence-electron chi connectivity index (χ0n) is 6.75. The normalized spacial score (nSPS) is 10.4. The van der Waals surface area contributed by atoms with Crippen molar-refractivity contribution in [2.75, 3.05) is 0 Å². The van der Waals surface area contributed by atoms with Gasteiger partial charge in [0, 0.05) is 0 Å². The molecule has 1 N–H and O–H groups in total. The fraction of sp³-hybridized carbons (Fsp3) is 0. The number of rotatable bonds is 1. The van der Waals surface area contributed by atoms with E-state index in [0.717, 1.165) is 4.88 Å². The molecule has 0 aromatic carbocycles. The lowest BCUT2D eigenvalue weighted by molar-refractivity contribution is 0.998. The molecule has 0 fully saturated rings. The number of hydrogen-bond acceptors (Lipinski definition) is 3. The van der Waals surface area contributed by atoms with Crippen LogP contribution in [0.2, 0.25) is 9.36 Å². The second kappa shape index (κ2) is 3.73. The van der Waals surface area contributed by atoms with Gasteiger partial charge in [-0.05, 0) is 18.2 Å². The molecular formula is C8H4Cl2N2OS. The number of nitrogens with one attached hydrogen (secondary N) is 1. The molecule has 6 heteroatoms. The highest BCUT2D eigenvalue weighted by Crippen LogP contribution is 2.29. The lowest BCUT2D eigenvalue weighted by Crippen LogP contribution is -2.08. The predicted octanol–water partition coefficient (Wildman–Crippen LogP) is 2.81. The van der Waals surface area contributed by atoms with E-state index in [1.807, 2.05) is 6.07 Å². The monoisotopic (exact) mass is 246 g/mol. The Kier molecular flexibility index (Phi) is 2.58. The largest absolute Gasteiger partial charge is 0.282 e. The van der Waals surface area contributed by atoms with Crippen LogP contribution in [0.15, 0.2) is 23.0 Å². The Morgan fingerprint density at radius 2 is 2.14 bits per heavy atom. The highest BCUT2D eigenvalue weighted by Gasteiger charge is 2.05. The van der Waals surface area contributed by atoms with Crippen molar-refractivity contribution in [3.05, 3.63) is 37.9 Å². The van der Waals surface area contributed by atoms with Gasteiger partial charge in [-0.2, -0.15) is 5.10 Å². The third-order valence-corrected chi connectivity index (χ3v) is 3.12. The summed E-state index contributed by atoms with van der Waals surface area (Å²) in [6.45, 7) is 0. The van der Waals surface area contributed by atoms with E-state index in [-0.39, 0.29) is 5.02 Å². The number of H-pyrrole nitrogens is 1. The molecule has 0 saturated carbocycles. The molecule has 2 heterocycles. The quantitative estimate of drug-likeness (QED) is 0.842. The third-order valence-electron chi connectivity index (χ3n) is 1.58. The van der Waals surface area contributed by atoms with Crippen LogP contribution in [0.5, 0.6) is 0 Å². The van der Waals surface area contributed by atoms with Crippen molar-refractivity contribution in [3.8, 4) is 10.6 Å². The van der Waals surface area contributed by atoms with E-state index in [0.29, 0.717) is 10.0 Å². The van der Waals surface area contributed by atoms with Crippen molar-refractivity contribution < 1.29 is 0 Å². The number of aromatic amines is 1. The van der Waals surface area contributed by atoms with Gasteiger partial charge in [-0.15, -0.1) is 11.3 Å². The van der Waals surface area contributed by atoms with E-state index in [4.69, 9.17) is 23.2 Å². The van der Waals surface area contributed by atoms with Gasteiger partial charge < -0.3 is 0 Å². The molecule has 0 bridgehead atoms. The average Bonchev–Trinajstić information content (AvgIpc) is 2.57. The second-order valence-electron chi connectivity index (χ2n) is 2.53. The summed E-state index contributed by atoms with van der Waals surface area (Å²) in [7, 11) is 0. The molecule has 0 radical (unpaired) electrons. The van der Waals surface area contributed by atoms with Crippen LogP contribution in [-0.2, 0) is 0 Å². The summed E-state index contributed by atoms with van der Waals surface area (Å²) in [5, 5.41) is 6.28. The van der Waals surface area contributed by atoms with E-state index in [2.05, 4.69) is 10.2 Å². The Labute approximate surface area is 93.3 Å². The van der Waals surface area contributed by atoms with Crippen LogP contribution in [-0.4, -0.2) is 10.2 Å². The van der Waals surface area contributed by atoms with Gasteiger partial charge in [-0.3, -0.25) is 4.79 Å². The van der Waals surface area contributed by atoms with Gasteiger partial charge in [0.25, 0.3) is 5.56 Å². The van der Waals surface area contributed by atoms with E-state index in [9.17, 15) is 4.79 Å². The summed E-state index contributed by atoms with van der Waals surface area (Å²) in [6.07, 6.45) is 0. The van der Waals surface area contributed by atoms with Crippen LogP contribution in [0, 0.1) is 0 Å². The number of aromatic nitrogens is 2. The van der Waals surface area contributed by atoms with Crippen LogP contribution < -0.4 is 5.56 Å². The van der Waals surface area contributed by atoms with Crippen molar-refractivity contribution in [3.63, 3.8) is 0 Å². The SMILES string of the molecule is O=c1[nH]nc(-c2ccc(Cl)s2)cc1Cl. The molecular weight excluding hydrogens is 243 g/mol. The smallest absolute Gasteiger partial charge is 0.266 e. The summed E-state index contributed by atoms with van der Waals surface area (Å²) in [4.78, 5) is 11.8. The summed E-state index contributed by atoms with van der Waals surface area (Å²) < 4.78 is 0.670. The van der Waals surface area contributed by atoms with Crippen molar-refractivity contribution in [1.82, 2.24) is 10.2 Å². The maximum Gasteiger partial charge on any atom is 0.282 e. The molecule has 0 unspecified atom stereocenters. The zero-order chi connectivity index (χ0) is 10.1. The van der Waals surface area contributed by atoms with Crippen LogP contribution in [0.4, 0.5) is 0 Å². The molecule has 72 valence electrons. The highest BCUT2D eigenvalue weighted by atomic mass is 35.5. The number of halogens is 2. The lowest BCUT2D eigenvalue weighted by atomic mass is 10.3. The maximum absolute atomic E-state index is 10.9. The van der Waals surface area contributed by atoms with Crippen LogP contribution in [0.1, 0.15) is 0 Å². The molecule has 14 heavy (non-hydrogen) atoms. The first-order chi connectivity index (χ1) is 6.66. The number of nitrogens with zero attached hydrogens (tertiary/aromatic N) is 1. The Morgan fingerprint density at radius 3 is 2.71 bits per heavy atom. The molecule has 3 nitrogen and oxygen atoms in total. The Morgan fingerprint density at radius 1 is 1.36 bits per heavy atom. The van der Waals surface area contributed by atoms with Crippen molar-refractivity contribution in [2.45, 2.75) is 0 Å². The van der Waals surface area contributed by atoms with Gasteiger partial charge >= 0.3 is 0 Å². The molecule has 0 spiro atoms. The molecule has 2 rings (SSSR count). The molecule has 2 aromatic rings. The van der Waals surface area contributed by atoms with Crippen LogP contribution >= 0.6 is 34.5 Å². The second-order valence-corrected chi connectivity index (χ2v) is 4.66. The minimum Gasteiger partial charge on any atom is -0.266 e. The molecule has 2 aromatic heterocycles. The Hall–Kier alpha value is -0.840.